The Balaban J connectivity index is 2.09. The summed E-state index contributed by atoms with van der Waals surface area (Å²) in [6.45, 7) is 5.19. The molecular formula is C23H28N2O5. The Labute approximate surface area is 177 Å². The molecule has 0 saturated heterocycles. The molecule has 0 aliphatic heterocycles. The fraction of sp³-hybridized carbons (Fsp3) is 0.304. The van der Waals surface area contributed by atoms with E-state index in [1.807, 2.05) is 13.8 Å². The Morgan fingerprint density at radius 3 is 1.97 bits per heavy atom. The van der Waals surface area contributed by atoms with E-state index in [0.717, 1.165) is 5.56 Å². The molecule has 7 heteroatoms. The molecule has 0 aliphatic rings. The molecule has 0 bridgehead atoms. The Hall–Kier alpha value is -3.48. The third kappa shape index (κ3) is 5.53. The molecule has 160 valence electrons. The monoisotopic (exact) mass is 412 g/mol. The van der Waals surface area contributed by atoms with Gasteiger partial charge in [-0.25, -0.2) is 0 Å². The maximum Gasteiger partial charge on any atom is 0.253 e. The normalized spacial score (nSPS) is 10.6. The predicted octanol–water partition coefficient (Wildman–Crippen LogP) is 3.85. The molecule has 30 heavy (non-hydrogen) atoms. The van der Waals surface area contributed by atoms with Crippen molar-refractivity contribution in [1.29, 1.82) is 0 Å². The highest BCUT2D eigenvalue weighted by atomic mass is 16.5. The van der Waals surface area contributed by atoms with Crippen molar-refractivity contribution in [3.63, 3.8) is 0 Å². The van der Waals surface area contributed by atoms with E-state index in [4.69, 9.17) is 14.2 Å². The number of carbonyl (C=O) groups is 2. The predicted molar refractivity (Wildman–Crippen MR) is 117 cm³/mol. The van der Waals surface area contributed by atoms with Crippen molar-refractivity contribution >= 4 is 23.6 Å². The van der Waals surface area contributed by atoms with Crippen LogP contribution in [-0.4, -0.2) is 51.1 Å². The number of hydrogen-bond donors (Lipinski definition) is 1. The van der Waals surface area contributed by atoms with Gasteiger partial charge in [0.25, 0.3) is 5.91 Å². The minimum absolute atomic E-state index is 0.0276. The molecule has 0 radical (unpaired) electrons. The van der Waals surface area contributed by atoms with Gasteiger partial charge in [-0.2, -0.15) is 0 Å². The molecule has 2 aromatic rings. The summed E-state index contributed by atoms with van der Waals surface area (Å²) in [7, 11) is 4.60. The van der Waals surface area contributed by atoms with E-state index in [9.17, 15) is 9.59 Å². The average Bonchev–Trinajstić information content (AvgIpc) is 2.78. The molecule has 0 aromatic heterocycles. The molecule has 0 unspecified atom stereocenters. The quantitative estimate of drug-likeness (QED) is 0.633. The summed E-state index contributed by atoms with van der Waals surface area (Å²) in [6.07, 6.45) is 3.06. The molecule has 0 fully saturated rings. The van der Waals surface area contributed by atoms with Crippen LogP contribution < -0.4 is 19.5 Å². The number of benzene rings is 2. The summed E-state index contributed by atoms with van der Waals surface area (Å²) in [6, 6.07) is 10.3. The number of rotatable bonds is 9. The highest BCUT2D eigenvalue weighted by molar-refractivity contribution is 6.02. The first kappa shape index (κ1) is 22.8. The van der Waals surface area contributed by atoms with E-state index in [0.29, 0.717) is 41.6 Å². The van der Waals surface area contributed by atoms with Crippen molar-refractivity contribution in [2.45, 2.75) is 13.8 Å². The van der Waals surface area contributed by atoms with E-state index >= 15 is 0 Å². The number of anilines is 1. The number of ether oxygens (including phenoxy) is 3. The highest BCUT2D eigenvalue weighted by Gasteiger charge is 2.13. The Morgan fingerprint density at radius 1 is 0.933 bits per heavy atom. The highest BCUT2D eigenvalue weighted by Crippen LogP contribution is 2.38. The summed E-state index contributed by atoms with van der Waals surface area (Å²) in [4.78, 5) is 26.4. The Morgan fingerprint density at radius 2 is 1.50 bits per heavy atom. The van der Waals surface area contributed by atoms with Gasteiger partial charge < -0.3 is 24.4 Å². The second kappa shape index (κ2) is 10.9. The summed E-state index contributed by atoms with van der Waals surface area (Å²) in [5, 5.41) is 2.78. The number of nitrogens with one attached hydrogen (secondary N) is 1. The zero-order valence-corrected chi connectivity index (χ0v) is 18.0. The SMILES string of the molecule is CCN(CC)C(=O)c1ccc(NC(=O)/C=C/c2cc(OC)c(OC)c(OC)c2)cc1. The maximum atomic E-state index is 12.3. The summed E-state index contributed by atoms with van der Waals surface area (Å²) in [5.74, 6) is 1.17. The van der Waals surface area contributed by atoms with Gasteiger partial charge in [-0.3, -0.25) is 9.59 Å². The molecule has 0 saturated carbocycles. The van der Waals surface area contributed by atoms with Gasteiger partial charge in [0.05, 0.1) is 21.3 Å². The van der Waals surface area contributed by atoms with Crippen molar-refractivity contribution in [3.05, 3.63) is 53.6 Å². The van der Waals surface area contributed by atoms with E-state index in [2.05, 4.69) is 5.32 Å². The van der Waals surface area contributed by atoms with Crippen molar-refractivity contribution in [2.75, 3.05) is 39.7 Å². The van der Waals surface area contributed by atoms with Gasteiger partial charge in [0, 0.05) is 30.4 Å². The van der Waals surface area contributed by atoms with Gasteiger partial charge in [0.15, 0.2) is 11.5 Å². The Bertz CT molecular complexity index is 877. The van der Waals surface area contributed by atoms with Crippen LogP contribution in [0.5, 0.6) is 17.2 Å². The smallest absolute Gasteiger partial charge is 0.253 e. The van der Waals surface area contributed by atoms with E-state index in [1.165, 1.54) is 27.4 Å². The van der Waals surface area contributed by atoms with Crippen LogP contribution in [0, 0.1) is 0 Å². The van der Waals surface area contributed by atoms with Crippen LogP contribution in [0.4, 0.5) is 5.69 Å². The van der Waals surface area contributed by atoms with E-state index < -0.39 is 0 Å². The first-order chi connectivity index (χ1) is 14.5. The molecule has 2 rings (SSSR count). The molecule has 2 amide bonds. The van der Waals surface area contributed by atoms with Gasteiger partial charge in [-0.1, -0.05) is 0 Å². The Kier molecular flexibility index (Phi) is 8.29. The first-order valence-corrected chi connectivity index (χ1v) is 9.65. The van der Waals surface area contributed by atoms with Crippen LogP contribution >= 0.6 is 0 Å². The van der Waals surface area contributed by atoms with Crippen molar-refractivity contribution in [1.82, 2.24) is 4.90 Å². The zero-order chi connectivity index (χ0) is 22.1. The first-order valence-electron chi connectivity index (χ1n) is 9.65. The average molecular weight is 412 g/mol. The molecule has 0 heterocycles. The molecule has 1 N–H and O–H groups in total. The summed E-state index contributed by atoms with van der Waals surface area (Å²) in [5.41, 5.74) is 1.91. The minimum Gasteiger partial charge on any atom is -0.493 e. The van der Waals surface area contributed by atoms with Gasteiger partial charge in [0.2, 0.25) is 11.7 Å². The van der Waals surface area contributed by atoms with Crippen LogP contribution in [-0.2, 0) is 4.79 Å². The lowest BCUT2D eigenvalue weighted by atomic mass is 10.1. The number of amides is 2. The third-order valence-corrected chi connectivity index (χ3v) is 4.56. The third-order valence-electron chi connectivity index (χ3n) is 4.56. The van der Waals surface area contributed by atoms with Gasteiger partial charge in [-0.15, -0.1) is 0 Å². The number of carbonyl (C=O) groups excluding carboxylic acids is 2. The minimum atomic E-state index is -0.299. The molecule has 0 spiro atoms. The fourth-order valence-electron chi connectivity index (χ4n) is 2.94. The fourth-order valence-corrected chi connectivity index (χ4v) is 2.94. The summed E-state index contributed by atoms with van der Waals surface area (Å²) < 4.78 is 15.9. The van der Waals surface area contributed by atoms with Crippen molar-refractivity contribution < 1.29 is 23.8 Å². The van der Waals surface area contributed by atoms with Crippen LogP contribution in [0.2, 0.25) is 0 Å². The standard InChI is InChI=1S/C23H28N2O5/c1-6-25(7-2)23(27)17-9-11-18(12-10-17)24-21(26)13-8-16-14-19(28-3)22(30-5)20(15-16)29-4/h8-15H,6-7H2,1-5H3,(H,24,26)/b13-8+. The number of hydrogen-bond acceptors (Lipinski definition) is 5. The maximum absolute atomic E-state index is 12.3. The number of nitrogens with zero attached hydrogens (tertiary/aromatic N) is 1. The largest absolute Gasteiger partial charge is 0.493 e. The lowest BCUT2D eigenvalue weighted by Gasteiger charge is -2.18. The number of methoxy groups -OCH3 is 3. The van der Waals surface area contributed by atoms with Crippen LogP contribution in [0.15, 0.2) is 42.5 Å². The van der Waals surface area contributed by atoms with Crippen molar-refractivity contribution in [2.24, 2.45) is 0 Å². The van der Waals surface area contributed by atoms with Gasteiger partial charge in [-0.05, 0) is 61.9 Å². The molecule has 2 aromatic carbocycles. The van der Waals surface area contributed by atoms with Crippen LogP contribution in [0.1, 0.15) is 29.8 Å². The lowest BCUT2D eigenvalue weighted by Crippen LogP contribution is -2.30. The summed E-state index contributed by atoms with van der Waals surface area (Å²) >= 11 is 0. The van der Waals surface area contributed by atoms with Crippen molar-refractivity contribution in [3.8, 4) is 17.2 Å². The second-order valence-corrected chi connectivity index (χ2v) is 6.34. The van der Waals surface area contributed by atoms with E-state index in [1.54, 1.807) is 47.4 Å². The lowest BCUT2D eigenvalue weighted by molar-refractivity contribution is -0.111. The van der Waals surface area contributed by atoms with Crippen LogP contribution in [0.25, 0.3) is 6.08 Å². The molecule has 0 aliphatic carbocycles. The topological polar surface area (TPSA) is 77.1 Å². The molecular weight excluding hydrogens is 384 g/mol. The van der Waals surface area contributed by atoms with Crippen LogP contribution in [0.3, 0.4) is 0 Å². The molecule has 7 nitrogen and oxygen atoms in total. The van der Waals surface area contributed by atoms with E-state index in [-0.39, 0.29) is 11.8 Å². The zero-order valence-electron chi connectivity index (χ0n) is 18.0. The second-order valence-electron chi connectivity index (χ2n) is 6.34. The van der Waals surface area contributed by atoms with Gasteiger partial charge >= 0.3 is 0 Å². The molecule has 0 atom stereocenters. The van der Waals surface area contributed by atoms with Gasteiger partial charge in [0.1, 0.15) is 0 Å².